The van der Waals surface area contributed by atoms with Gasteiger partial charge in [0, 0.05) is 0 Å². The first-order chi connectivity index (χ1) is 9.04. The molecule has 0 fully saturated rings. The number of amides is 1. The van der Waals surface area contributed by atoms with Crippen molar-refractivity contribution < 1.29 is 29.3 Å². The fourth-order valence-electron chi connectivity index (χ4n) is 1.61. The number of methoxy groups -OCH3 is 1. The van der Waals surface area contributed by atoms with E-state index in [2.05, 4.69) is 0 Å². The van der Waals surface area contributed by atoms with Gasteiger partial charge in [-0.2, -0.15) is 0 Å². The molecular formula is C12H11NO6. The van der Waals surface area contributed by atoms with Gasteiger partial charge in [0.15, 0.2) is 5.76 Å². The number of carboxylic acid groups (broad SMARTS) is 1. The summed E-state index contributed by atoms with van der Waals surface area (Å²) >= 11 is 0. The molecule has 0 aliphatic heterocycles. The van der Waals surface area contributed by atoms with Crippen molar-refractivity contribution in [3.63, 3.8) is 0 Å². The van der Waals surface area contributed by atoms with Crippen LogP contribution in [0.5, 0.6) is 17.2 Å². The maximum atomic E-state index is 10.5. The second-order valence-corrected chi connectivity index (χ2v) is 3.59. The van der Waals surface area contributed by atoms with Crippen molar-refractivity contribution in [3.05, 3.63) is 24.3 Å². The predicted molar refractivity (Wildman–Crippen MR) is 65.7 cm³/mol. The van der Waals surface area contributed by atoms with Crippen LogP contribution in [-0.2, 0) is 0 Å². The lowest BCUT2D eigenvalue weighted by molar-refractivity contribution is 0.209. The summed E-state index contributed by atoms with van der Waals surface area (Å²) in [5, 5.41) is 29.8. The summed E-state index contributed by atoms with van der Waals surface area (Å²) in [5.41, 5.74) is 0.385. The van der Waals surface area contributed by atoms with Gasteiger partial charge in [-0.25, -0.2) is 4.79 Å². The van der Waals surface area contributed by atoms with Gasteiger partial charge in [-0.15, -0.1) is 0 Å². The average Bonchev–Trinajstić information content (AvgIpc) is 2.66. The van der Waals surface area contributed by atoms with Gasteiger partial charge in [0.05, 0.1) is 12.7 Å². The minimum atomic E-state index is -1.42. The SMILES string of the molecule is COc1ccccc1-c1oc(NC(=O)O)c(O)c1O. The molecule has 7 nitrogen and oxygen atoms in total. The van der Waals surface area contributed by atoms with Crippen LogP contribution in [0.3, 0.4) is 0 Å². The van der Waals surface area contributed by atoms with Crippen LogP contribution in [0, 0.1) is 0 Å². The van der Waals surface area contributed by atoms with Gasteiger partial charge < -0.3 is 24.5 Å². The molecule has 1 aromatic heterocycles. The van der Waals surface area contributed by atoms with Gasteiger partial charge in [0.1, 0.15) is 5.75 Å². The Morgan fingerprint density at radius 2 is 1.95 bits per heavy atom. The Kier molecular flexibility index (Phi) is 3.19. The molecule has 19 heavy (non-hydrogen) atoms. The van der Waals surface area contributed by atoms with Gasteiger partial charge in [0.25, 0.3) is 0 Å². The van der Waals surface area contributed by atoms with Crippen LogP contribution in [0.4, 0.5) is 10.7 Å². The zero-order chi connectivity index (χ0) is 14.0. The zero-order valence-electron chi connectivity index (χ0n) is 9.88. The number of nitrogens with one attached hydrogen (secondary N) is 1. The number of hydrogen-bond acceptors (Lipinski definition) is 5. The van der Waals surface area contributed by atoms with Gasteiger partial charge >= 0.3 is 6.09 Å². The van der Waals surface area contributed by atoms with Crippen molar-refractivity contribution in [1.29, 1.82) is 0 Å². The molecule has 0 bridgehead atoms. The first-order valence-electron chi connectivity index (χ1n) is 5.22. The van der Waals surface area contributed by atoms with Crippen molar-refractivity contribution in [1.82, 2.24) is 0 Å². The van der Waals surface area contributed by atoms with E-state index in [1.165, 1.54) is 7.11 Å². The summed E-state index contributed by atoms with van der Waals surface area (Å²) in [5.74, 6) is -1.37. The smallest absolute Gasteiger partial charge is 0.411 e. The van der Waals surface area contributed by atoms with E-state index in [-0.39, 0.29) is 5.76 Å². The van der Waals surface area contributed by atoms with Gasteiger partial charge in [-0.3, -0.25) is 5.32 Å². The fraction of sp³-hybridized carbons (Fsp3) is 0.0833. The quantitative estimate of drug-likeness (QED) is 0.678. The van der Waals surface area contributed by atoms with E-state index in [1.54, 1.807) is 24.3 Å². The third kappa shape index (κ3) is 2.25. The number of anilines is 1. The molecule has 2 rings (SSSR count). The monoisotopic (exact) mass is 265 g/mol. The highest BCUT2D eigenvalue weighted by molar-refractivity contribution is 5.86. The molecule has 7 heteroatoms. The molecule has 0 radical (unpaired) electrons. The highest BCUT2D eigenvalue weighted by atomic mass is 16.5. The Hall–Kier alpha value is -2.83. The van der Waals surface area contributed by atoms with Crippen LogP contribution in [0.1, 0.15) is 0 Å². The number of benzene rings is 1. The Balaban J connectivity index is 2.54. The van der Waals surface area contributed by atoms with Crippen molar-refractivity contribution in [3.8, 4) is 28.6 Å². The van der Waals surface area contributed by atoms with Crippen LogP contribution >= 0.6 is 0 Å². The molecule has 1 amide bonds. The largest absolute Gasteiger partial charge is 0.502 e. The molecule has 0 spiro atoms. The van der Waals surface area contributed by atoms with E-state index in [0.717, 1.165) is 0 Å². The summed E-state index contributed by atoms with van der Waals surface area (Å²) in [6, 6.07) is 6.64. The van der Waals surface area contributed by atoms with Crippen molar-refractivity contribution in [2.24, 2.45) is 0 Å². The van der Waals surface area contributed by atoms with E-state index in [0.29, 0.717) is 11.3 Å². The molecule has 0 atom stereocenters. The lowest BCUT2D eigenvalue weighted by Crippen LogP contribution is -2.06. The van der Waals surface area contributed by atoms with Gasteiger partial charge in [-0.05, 0) is 12.1 Å². The molecule has 1 heterocycles. The van der Waals surface area contributed by atoms with Gasteiger partial charge in [0.2, 0.25) is 17.4 Å². The normalized spacial score (nSPS) is 10.2. The van der Waals surface area contributed by atoms with Crippen molar-refractivity contribution in [2.45, 2.75) is 0 Å². The highest BCUT2D eigenvalue weighted by Gasteiger charge is 2.23. The number of ether oxygens (including phenoxy) is 1. The van der Waals surface area contributed by atoms with Crippen LogP contribution < -0.4 is 10.1 Å². The first-order valence-corrected chi connectivity index (χ1v) is 5.22. The lowest BCUT2D eigenvalue weighted by Gasteiger charge is -2.05. The Morgan fingerprint density at radius 3 is 2.58 bits per heavy atom. The van der Waals surface area contributed by atoms with Crippen LogP contribution in [-0.4, -0.2) is 28.5 Å². The van der Waals surface area contributed by atoms with Crippen molar-refractivity contribution >= 4 is 12.0 Å². The molecule has 0 aliphatic carbocycles. The first kappa shape index (κ1) is 12.6. The summed E-state index contributed by atoms with van der Waals surface area (Å²) in [4.78, 5) is 10.5. The number of hydrogen-bond donors (Lipinski definition) is 4. The van der Waals surface area contributed by atoms with Crippen LogP contribution in [0.15, 0.2) is 28.7 Å². The second-order valence-electron chi connectivity index (χ2n) is 3.59. The predicted octanol–water partition coefficient (Wildman–Crippen LogP) is 2.46. The summed E-state index contributed by atoms with van der Waals surface area (Å²) < 4.78 is 10.2. The number of furan rings is 1. The molecule has 0 saturated heterocycles. The molecular weight excluding hydrogens is 254 g/mol. The second kappa shape index (κ2) is 4.81. The maximum Gasteiger partial charge on any atom is 0.411 e. The Labute approximate surface area is 107 Å². The standard InChI is InChI=1S/C12H11NO6/c1-18-7-5-3-2-4-6(7)10-8(14)9(15)11(19-10)13-12(16)17/h2-5,13-15H,1H3,(H,16,17). The van der Waals surface area contributed by atoms with Crippen LogP contribution in [0.2, 0.25) is 0 Å². The topological polar surface area (TPSA) is 112 Å². The molecule has 0 saturated carbocycles. The van der Waals surface area contributed by atoms with E-state index >= 15 is 0 Å². The number of rotatable bonds is 3. The molecule has 4 N–H and O–H groups in total. The van der Waals surface area contributed by atoms with E-state index in [1.807, 2.05) is 5.32 Å². The zero-order valence-corrected chi connectivity index (χ0v) is 9.88. The molecule has 0 unspecified atom stereocenters. The Bertz CT molecular complexity index is 619. The van der Waals surface area contributed by atoms with E-state index in [4.69, 9.17) is 14.3 Å². The minimum Gasteiger partial charge on any atom is -0.502 e. The van der Waals surface area contributed by atoms with E-state index < -0.39 is 23.5 Å². The lowest BCUT2D eigenvalue weighted by atomic mass is 10.1. The fourth-order valence-corrected chi connectivity index (χ4v) is 1.61. The average molecular weight is 265 g/mol. The summed E-state index contributed by atoms with van der Waals surface area (Å²) in [6.45, 7) is 0. The van der Waals surface area contributed by atoms with Crippen LogP contribution in [0.25, 0.3) is 11.3 Å². The number of aromatic hydroxyl groups is 2. The molecule has 100 valence electrons. The third-order valence-electron chi connectivity index (χ3n) is 2.43. The minimum absolute atomic E-state index is 0.0845. The molecule has 2 aromatic rings. The van der Waals surface area contributed by atoms with E-state index in [9.17, 15) is 15.0 Å². The van der Waals surface area contributed by atoms with Crippen molar-refractivity contribution in [2.75, 3.05) is 12.4 Å². The third-order valence-corrected chi connectivity index (χ3v) is 2.43. The summed E-state index contributed by atoms with van der Waals surface area (Å²) in [7, 11) is 1.44. The molecule has 0 aliphatic rings. The Morgan fingerprint density at radius 1 is 1.26 bits per heavy atom. The number of para-hydroxylation sites is 1. The molecule has 1 aromatic carbocycles. The van der Waals surface area contributed by atoms with Gasteiger partial charge in [-0.1, -0.05) is 12.1 Å². The maximum absolute atomic E-state index is 10.5. The highest BCUT2D eigenvalue weighted by Crippen LogP contribution is 2.47. The summed E-state index contributed by atoms with van der Waals surface area (Å²) in [6.07, 6.45) is -1.42. The number of carbonyl (C=O) groups is 1.